The number of pyridine rings is 1. The fraction of sp³-hybridized carbons (Fsp3) is 0.143. The lowest BCUT2D eigenvalue weighted by Gasteiger charge is -2.01. The van der Waals surface area contributed by atoms with Crippen LogP contribution in [-0.2, 0) is 19.9 Å². The van der Waals surface area contributed by atoms with E-state index < -0.39 is 0 Å². The van der Waals surface area contributed by atoms with Gasteiger partial charge in [-0.1, -0.05) is 12.1 Å². The molecule has 1 aromatic carbocycles. The van der Waals surface area contributed by atoms with E-state index in [9.17, 15) is 4.39 Å². The summed E-state index contributed by atoms with van der Waals surface area (Å²) in [6.07, 6.45) is 6.80. The van der Waals surface area contributed by atoms with Gasteiger partial charge in [0.05, 0.1) is 11.4 Å². The van der Waals surface area contributed by atoms with Crippen molar-refractivity contribution >= 4 is 5.65 Å². The molecule has 0 unspecified atom stereocenters. The maximum Gasteiger partial charge on any atom is 0.155 e. The lowest BCUT2D eigenvalue weighted by atomic mass is 10.1. The number of hydrogen-bond acceptors (Lipinski definition) is 4. The van der Waals surface area contributed by atoms with Crippen molar-refractivity contribution in [2.24, 2.45) is 7.05 Å². The molecule has 0 aliphatic carbocycles. The van der Waals surface area contributed by atoms with Gasteiger partial charge in [0.25, 0.3) is 0 Å². The number of aromatic amines is 1. The third kappa shape index (κ3) is 3.40. The van der Waals surface area contributed by atoms with Crippen LogP contribution in [0.5, 0.6) is 0 Å². The first-order chi connectivity index (χ1) is 14.2. The maximum atomic E-state index is 13.1. The Morgan fingerprint density at radius 3 is 2.69 bits per heavy atom. The van der Waals surface area contributed by atoms with Crippen molar-refractivity contribution in [3.05, 3.63) is 78.4 Å². The van der Waals surface area contributed by atoms with Crippen LogP contribution in [0.25, 0.3) is 28.3 Å². The van der Waals surface area contributed by atoms with Gasteiger partial charge in [0.15, 0.2) is 5.65 Å². The van der Waals surface area contributed by atoms with Gasteiger partial charge in [0.1, 0.15) is 23.7 Å². The second kappa shape index (κ2) is 6.97. The second-order valence-electron chi connectivity index (χ2n) is 6.89. The number of aromatic nitrogens is 7. The van der Waals surface area contributed by atoms with Gasteiger partial charge in [-0.15, -0.1) is 0 Å². The minimum atomic E-state index is -0.227. The minimum absolute atomic E-state index is 0.227. The number of hydrogen-bond donors (Lipinski definition) is 1. The van der Waals surface area contributed by atoms with E-state index in [0.717, 1.165) is 46.1 Å². The van der Waals surface area contributed by atoms with Crippen molar-refractivity contribution in [3.8, 4) is 22.6 Å². The zero-order valence-corrected chi connectivity index (χ0v) is 15.7. The third-order valence-electron chi connectivity index (χ3n) is 4.83. The first-order valence-electron chi connectivity index (χ1n) is 9.29. The number of nitrogens with zero attached hydrogens (tertiary/aromatic N) is 6. The number of fused-ring (bicyclic) bond motifs is 1. The molecule has 144 valence electrons. The van der Waals surface area contributed by atoms with Crippen molar-refractivity contribution < 1.29 is 4.39 Å². The summed E-state index contributed by atoms with van der Waals surface area (Å²) in [5.74, 6) is 0.624. The summed E-state index contributed by atoms with van der Waals surface area (Å²) in [6, 6.07) is 12.4. The molecular formula is C21H18FN7. The van der Waals surface area contributed by atoms with Gasteiger partial charge >= 0.3 is 0 Å². The van der Waals surface area contributed by atoms with Gasteiger partial charge in [0, 0.05) is 31.4 Å². The van der Waals surface area contributed by atoms with Gasteiger partial charge in [-0.3, -0.25) is 4.68 Å². The van der Waals surface area contributed by atoms with Crippen molar-refractivity contribution in [2.45, 2.75) is 12.8 Å². The van der Waals surface area contributed by atoms with Crippen LogP contribution >= 0.6 is 0 Å². The maximum absolute atomic E-state index is 13.1. The van der Waals surface area contributed by atoms with Crippen LogP contribution in [0.1, 0.15) is 11.4 Å². The normalized spacial score (nSPS) is 11.4. The third-order valence-corrected chi connectivity index (χ3v) is 4.83. The molecule has 4 heterocycles. The Morgan fingerprint density at radius 1 is 1.03 bits per heavy atom. The molecule has 8 heteroatoms. The van der Waals surface area contributed by atoms with E-state index >= 15 is 0 Å². The molecule has 5 aromatic rings. The van der Waals surface area contributed by atoms with Gasteiger partial charge in [-0.05, 0) is 42.3 Å². The summed E-state index contributed by atoms with van der Waals surface area (Å²) < 4.78 is 16.6. The topological polar surface area (TPSA) is 76.7 Å². The molecule has 1 N–H and O–H groups in total. The Morgan fingerprint density at radius 2 is 1.90 bits per heavy atom. The van der Waals surface area contributed by atoms with E-state index in [1.54, 1.807) is 21.3 Å². The first-order valence-corrected chi connectivity index (χ1v) is 9.29. The number of aryl methyl sites for hydroxylation is 3. The Labute approximate surface area is 165 Å². The number of benzene rings is 1. The molecule has 0 atom stereocenters. The summed E-state index contributed by atoms with van der Waals surface area (Å²) in [6.45, 7) is 0. The lowest BCUT2D eigenvalue weighted by Crippen LogP contribution is -1.94. The molecule has 0 aliphatic rings. The molecule has 0 saturated heterocycles. The fourth-order valence-electron chi connectivity index (χ4n) is 3.35. The minimum Gasteiger partial charge on any atom is -0.340 e. The van der Waals surface area contributed by atoms with Crippen LogP contribution in [0.3, 0.4) is 0 Å². The van der Waals surface area contributed by atoms with Crippen molar-refractivity contribution in [1.29, 1.82) is 0 Å². The zero-order valence-electron chi connectivity index (χ0n) is 15.7. The first kappa shape index (κ1) is 17.3. The van der Waals surface area contributed by atoms with E-state index in [0.29, 0.717) is 6.42 Å². The molecule has 29 heavy (non-hydrogen) atoms. The number of H-pyrrole nitrogens is 1. The molecule has 0 amide bonds. The molecule has 0 bridgehead atoms. The molecule has 0 fully saturated rings. The predicted molar refractivity (Wildman–Crippen MR) is 107 cm³/mol. The zero-order chi connectivity index (χ0) is 19.8. The summed E-state index contributed by atoms with van der Waals surface area (Å²) in [7, 11) is 1.89. The van der Waals surface area contributed by atoms with Crippen LogP contribution in [0.2, 0.25) is 0 Å². The average molecular weight is 387 g/mol. The summed E-state index contributed by atoms with van der Waals surface area (Å²) >= 11 is 0. The van der Waals surface area contributed by atoms with E-state index in [-0.39, 0.29) is 5.82 Å². The fourth-order valence-corrected chi connectivity index (χ4v) is 3.35. The number of rotatable bonds is 5. The van der Waals surface area contributed by atoms with Gasteiger partial charge < -0.3 is 4.98 Å². The van der Waals surface area contributed by atoms with E-state index in [1.165, 1.54) is 18.5 Å². The number of halogens is 1. The molecule has 0 aliphatic heterocycles. The molecule has 5 rings (SSSR count). The predicted octanol–water partition coefficient (Wildman–Crippen LogP) is 3.44. The molecule has 0 saturated carbocycles. The van der Waals surface area contributed by atoms with E-state index in [1.807, 2.05) is 37.6 Å². The van der Waals surface area contributed by atoms with Crippen molar-refractivity contribution in [3.63, 3.8) is 0 Å². The number of imidazole rings is 1. The summed E-state index contributed by atoms with van der Waals surface area (Å²) in [4.78, 5) is 12.5. The van der Waals surface area contributed by atoms with E-state index in [2.05, 4.69) is 20.2 Å². The van der Waals surface area contributed by atoms with Crippen LogP contribution in [0, 0.1) is 5.82 Å². The highest BCUT2D eigenvalue weighted by Crippen LogP contribution is 2.29. The second-order valence-corrected chi connectivity index (χ2v) is 6.89. The summed E-state index contributed by atoms with van der Waals surface area (Å²) in [5.41, 5.74) is 5.26. The standard InChI is InChI=1S/C21H18FN7/c1-28-11-10-17(27-28)21-20(15-5-9-19-23-13-24-29(19)12-15)25-18(26-21)8-4-14-2-6-16(22)7-3-14/h2-3,5-7,9-13H,4,8H2,1H3,(H,25,26). The quantitative estimate of drug-likeness (QED) is 0.501. The molecule has 7 nitrogen and oxygen atoms in total. The molecule has 0 radical (unpaired) electrons. The monoisotopic (exact) mass is 387 g/mol. The Kier molecular flexibility index (Phi) is 4.16. The molecular weight excluding hydrogens is 369 g/mol. The SMILES string of the molecule is Cn1ccc(-c2[nH]c(CCc3ccc(F)cc3)nc2-c2ccc3ncnn3c2)n1. The van der Waals surface area contributed by atoms with E-state index in [4.69, 9.17) is 4.98 Å². The van der Waals surface area contributed by atoms with Gasteiger partial charge in [-0.25, -0.2) is 18.9 Å². The Hall–Kier alpha value is -3.81. The van der Waals surface area contributed by atoms with Crippen LogP contribution in [-0.4, -0.2) is 34.3 Å². The molecule has 0 spiro atoms. The highest BCUT2D eigenvalue weighted by atomic mass is 19.1. The Balaban J connectivity index is 1.52. The van der Waals surface area contributed by atoms with Crippen LogP contribution in [0.15, 0.2) is 61.2 Å². The van der Waals surface area contributed by atoms with Crippen molar-refractivity contribution in [2.75, 3.05) is 0 Å². The highest BCUT2D eigenvalue weighted by molar-refractivity contribution is 5.76. The smallest absolute Gasteiger partial charge is 0.155 e. The summed E-state index contributed by atoms with van der Waals surface area (Å²) in [5, 5.41) is 8.75. The highest BCUT2D eigenvalue weighted by Gasteiger charge is 2.17. The Bertz CT molecular complexity index is 1280. The molecule has 4 aromatic heterocycles. The van der Waals surface area contributed by atoms with Crippen molar-refractivity contribution in [1.82, 2.24) is 34.3 Å². The van der Waals surface area contributed by atoms with Crippen LogP contribution in [0.4, 0.5) is 4.39 Å². The largest absolute Gasteiger partial charge is 0.340 e. The lowest BCUT2D eigenvalue weighted by molar-refractivity contribution is 0.627. The van der Waals surface area contributed by atoms with Gasteiger partial charge in [-0.2, -0.15) is 10.2 Å². The average Bonchev–Trinajstić information content (AvgIpc) is 3.46. The number of nitrogens with one attached hydrogen (secondary N) is 1. The van der Waals surface area contributed by atoms with Crippen LogP contribution < -0.4 is 0 Å². The van der Waals surface area contributed by atoms with Gasteiger partial charge in [0.2, 0.25) is 0 Å².